The molecule has 0 amide bonds. The predicted molar refractivity (Wildman–Crippen MR) is 229 cm³/mol. The van der Waals surface area contributed by atoms with Crippen molar-refractivity contribution in [2.75, 3.05) is 20.3 Å². The minimum absolute atomic E-state index is 0.0700. The lowest BCUT2D eigenvalue weighted by molar-refractivity contribution is -0.143. The molecule has 12 nitrogen and oxygen atoms in total. The van der Waals surface area contributed by atoms with Crippen molar-refractivity contribution in [1.82, 2.24) is 19.3 Å². The molecule has 0 radical (unpaired) electrons. The van der Waals surface area contributed by atoms with Crippen LogP contribution in [-0.2, 0) is 57.4 Å². The SMILES string of the molecule is CCOC(=O)CC(c1ccc(C)c(CN2Cc3cc(OCc4ccccc4)cc(C)c3OS2(=O)=O)c1)c1ccc2c(nnn2CCCCOCc2ccc(OC)cc2)c1C. The summed E-state index contributed by atoms with van der Waals surface area (Å²) >= 11 is 0. The van der Waals surface area contributed by atoms with E-state index in [-0.39, 0.29) is 38.0 Å². The van der Waals surface area contributed by atoms with Crippen LogP contribution in [0, 0.1) is 20.8 Å². The van der Waals surface area contributed by atoms with E-state index in [1.165, 1.54) is 4.31 Å². The summed E-state index contributed by atoms with van der Waals surface area (Å²) in [6, 6.07) is 31.4. The summed E-state index contributed by atoms with van der Waals surface area (Å²) in [6.07, 6.45) is 1.83. The largest absolute Gasteiger partial charge is 0.497 e. The number of nitrogens with zero attached hydrogens (tertiary/aromatic N) is 4. The van der Waals surface area contributed by atoms with Crippen molar-refractivity contribution in [3.8, 4) is 17.2 Å². The van der Waals surface area contributed by atoms with Gasteiger partial charge in [-0.05, 0) is 115 Å². The summed E-state index contributed by atoms with van der Waals surface area (Å²) in [7, 11) is -2.47. The molecule has 1 unspecified atom stereocenters. The summed E-state index contributed by atoms with van der Waals surface area (Å²) < 4.78 is 58.8. The maximum absolute atomic E-state index is 13.6. The summed E-state index contributed by atoms with van der Waals surface area (Å²) in [4.78, 5) is 13.1. The minimum Gasteiger partial charge on any atom is -0.497 e. The number of methoxy groups -OCH3 is 1. The summed E-state index contributed by atoms with van der Waals surface area (Å²) in [5.74, 6) is 1.07. The molecule has 0 saturated heterocycles. The molecule has 5 aromatic carbocycles. The van der Waals surface area contributed by atoms with Crippen molar-refractivity contribution in [3.63, 3.8) is 0 Å². The van der Waals surface area contributed by atoms with E-state index < -0.39 is 10.3 Å². The molecular weight excluding hydrogens is 781 g/mol. The summed E-state index contributed by atoms with van der Waals surface area (Å²) in [5, 5.41) is 9.08. The quantitative estimate of drug-likeness (QED) is 0.0613. The van der Waals surface area contributed by atoms with Gasteiger partial charge in [0.1, 0.15) is 23.6 Å². The maximum Gasteiger partial charge on any atom is 0.385 e. The van der Waals surface area contributed by atoms with Crippen molar-refractivity contribution in [2.45, 2.75) is 85.7 Å². The third-order valence-electron chi connectivity index (χ3n) is 10.9. The number of hydrogen-bond acceptors (Lipinski definition) is 10. The van der Waals surface area contributed by atoms with E-state index in [1.807, 2.05) is 116 Å². The van der Waals surface area contributed by atoms with Gasteiger partial charge < -0.3 is 23.1 Å². The second-order valence-electron chi connectivity index (χ2n) is 15.1. The monoisotopic (exact) mass is 832 g/mol. The van der Waals surface area contributed by atoms with Crippen molar-refractivity contribution in [3.05, 3.63) is 147 Å². The molecule has 6 aromatic rings. The third-order valence-corrected chi connectivity index (χ3v) is 12.2. The van der Waals surface area contributed by atoms with Gasteiger partial charge in [0.2, 0.25) is 0 Å². The highest BCUT2D eigenvalue weighted by atomic mass is 32.2. The molecule has 314 valence electrons. The normalized spacial score (nSPS) is 14.0. The molecule has 0 bridgehead atoms. The smallest absolute Gasteiger partial charge is 0.385 e. The van der Waals surface area contributed by atoms with Crippen LogP contribution >= 0.6 is 0 Å². The van der Waals surface area contributed by atoms with Gasteiger partial charge in [-0.1, -0.05) is 71.9 Å². The van der Waals surface area contributed by atoms with Crippen molar-refractivity contribution in [2.24, 2.45) is 0 Å². The zero-order valence-corrected chi connectivity index (χ0v) is 35.7. The first kappa shape index (κ1) is 42.4. The number of carbonyl (C=O) groups excluding carboxylic acids is 1. The number of aromatic nitrogens is 3. The van der Waals surface area contributed by atoms with Crippen LogP contribution in [0.2, 0.25) is 0 Å². The van der Waals surface area contributed by atoms with Gasteiger partial charge in [-0.15, -0.1) is 5.10 Å². The number of hydrogen-bond donors (Lipinski definition) is 0. The standard InChI is InChI=1S/C47H52N4O8S/c1-6-57-45(52)27-43(42-20-21-44-46(34(42)4)48-49-51(44)22-10-11-23-56-30-36-15-18-40(55-5)19-16-36)37-17-14-32(2)38(25-37)28-50-29-39-26-41(58-31-35-12-8-7-9-13-35)24-33(3)47(39)59-60(50,53)54/h7-9,12-21,24-26,43H,6,10-11,22-23,27-31H2,1-5H3. The first-order chi connectivity index (χ1) is 29.0. The van der Waals surface area contributed by atoms with Gasteiger partial charge in [-0.2, -0.15) is 12.7 Å². The molecule has 0 aliphatic carbocycles. The molecule has 0 spiro atoms. The van der Waals surface area contributed by atoms with Crippen molar-refractivity contribution in [1.29, 1.82) is 0 Å². The Kier molecular flexibility index (Phi) is 13.5. The average Bonchev–Trinajstić information content (AvgIpc) is 3.66. The predicted octanol–water partition coefficient (Wildman–Crippen LogP) is 8.67. The maximum atomic E-state index is 13.6. The van der Waals surface area contributed by atoms with E-state index >= 15 is 0 Å². The van der Waals surface area contributed by atoms with E-state index in [9.17, 15) is 13.2 Å². The zero-order chi connectivity index (χ0) is 42.2. The van der Waals surface area contributed by atoms with Crippen LogP contribution in [0.4, 0.5) is 0 Å². The Morgan fingerprint density at radius 3 is 2.42 bits per heavy atom. The zero-order valence-electron chi connectivity index (χ0n) is 34.8. The van der Waals surface area contributed by atoms with Gasteiger partial charge >= 0.3 is 16.3 Å². The number of ether oxygens (including phenoxy) is 4. The number of carbonyl (C=O) groups is 1. The van der Waals surface area contributed by atoms with Gasteiger partial charge in [-0.25, -0.2) is 4.68 Å². The molecule has 1 aliphatic rings. The van der Waals surface area contributed by atoms with E-state index in [2.05, 4.69) is 10.3 Å². The van der Waals surface area contributed by atoms with Gasteiger partial charge in [-0.3, -0.25) is 4.79 Å². The fraction of sp³-hybridized carbons (Fsp3) is 0.340. The Morgan fingerprint density at radius 1 is 0.867 bits per heavy atom. The average molecular weight is 833 g/mol. The van der Waals surface area contributed by atoms with E-state index in [1.54, 1.807) is 20.1 Å². The lowest BCUT2D eigenvalue weighted by Gasteiger charge is -2.30. The molecule has 0 N–H and O–H groups in total. The summed E-state index contributed by atoms with van der Waals surface area (Å²) in [5.41, 5.74) is 9.60. The van der Waals surface area contributed by atoms with Gasteiger partial charge in [0.25, 0.3) is 0 Å². The Labute approximate surface area is 352 Å². The molecule has 0 saturated carbocycles. The van der Waals surface area contributed by atoms with E-state index in [4.69, 9.17) is 23.1 Å². The fourth-order valence-electron chi connectivity index (χ4n) is 7.60. The van der Waals surface area contributed by atoms with Crippen LogP contribution in [0.25, 0.3) is 11.0 Å². The van der Waals surface area contributed by atoms with E-state index in [0.29, 0.717) is 43.4 Å². The number of unbranched alkanes of at least 4 members (excludes halogenated alkanes) is 1. The van der Waals surface area contributed by atoms with Crippen LogP contribution in [0.3, 0.4) is 0 Å². The number of esters is 1. The van der Waals surface area contributed by atoms with Crippen LogP contribution in [0.1, 0.15) is 82.2 Å². The molecule has 1 aliphatic heterocycles. The lowest BCUT2D eigenvalue weighted by Crippen LogP contribution is -2.37. The number of fused-ring (bicyclic) bond motifs is 2. The fourth-order valence-corrected chi connectivity index (χ4v) is 8.75. The third kappa shape index (κ3) is 9.98. The summed E-state index contributed by atoms with van der Waals surface area (Å²) in [6.45, 7) is 10.2. The molecule has 60 heavy (non-hydrogen) atoms. The minimum atomic E-state index is -4.12. The highest BCUT2D eigenvalue weighted by Crippen LogP contribution is 2.38. The molecular formula is C47H52N4O8S. The highest BCUT2D eigenvalue weighted by molar-refractivity contribution is 7.84. The van der Waals surface area contributed by atoms with Gasteiger partial charge in [0, 0.05) is 37.7 Å². The molecule has 2 heterocycles. The lowest BCUT2D eigenvalue weighted by atomic mass is 9.84. The molecule has 7 rings (SSSR count). The number of rotatable bonds is 18. The van der Waals surface area contributed by atoms with E-state index in [0.717, 1.165) is 74.1 Å². The van der Waals surface area contributed by atoms with Gasteiger partial charge in [0.05, 0.1) is 32.3 Å². The Hall–Kier alpha value is -5.76. The Morgan fingerprint density at radius 2 is 1.65 bits per heavy atom. The van der Waals surface area contributed by atoms with Crippen LogP contribution in [-0.4, -0.2) is 54.0 Å². The van der Waals surface area contributed by atoms with Crippen molar-refractivity contribution < 1.29 is 36.3 Å². The van der Waals surface area contributed by atoms with Crippen molar-refractivity contribution >= 4 is 27.3 Å². The van der Waals surface area contributed by atoms with Gasteiger partial charge in [0.15, 0.2) is 5.75 Å². The highest BCUT2D eigenvalue weighted by Gasteiger charge is 2.34. The van der Waals surface area contributed by atoms with Crippen LogP contribution < -0.4 is 13.7 Å². The van der Waals surface area contributed by atoms with Crippen LogP contribution in [0.15, 0.2) is 97.1 Å². The number of benzene rings is 5. The first-order valence-corrected chi connectivity index (χ1v) is 21.7. The Balaban J connectivity index is 1.07. The second kappa shape index (κ2) is 19.1. The molecule has 1 atom stereocenters. The number of aryl methyl sites for hydroxylation is 4. The second-order valence-corrected chi connectivity index (χ2v) is 16.7. The first-order valence-electron chi connectivity index (χ1n) is 20.3. The molecule has 1 aromatic heterocycles. The molecule has 13 heteroatoms. The topological polar surface area (TPSA) is 131 Å². The molecule has 0 fully saturated rings. The van der Waals surface area contributed by atoms with Crippen LogP contribution in [0.5, 0.6) is 17.2 Å². The Bertz CT molecular complexity index is 2540.